The second kappa shape index (κ2) is 10.1. The average Bonchev–Trinajstić information content (AvgIpc) is 2.78. The van der Waals surface area contributed by atoms with Gasteiger partial charge < -0.3 is 24.4 Å². The van der Waals surface area contributed by atoms with E-state index >= 15 is 0 Å². The number of carbonyl (C=O) groups excluding carboxylic acids is 2. The molecule has 0 fully saturated rings. The number of carbonyl (C=O) groups is 2. The zero-order chi connectivity index (χ0) is 23.3. The molecule has 0 aliphatic carbocycles. The van der Waals surface area contributed by atoms with Crippen LogP contribution in [0.5, 0.6) is 5.75 Å². The predicted octanol–water partition coefficient (Wildman–Crippen LogP) is 2.82. The van der Waals surface area contributed by atoms with Crippen LogP contribution in [0, 0.1) is 6.92 Å². The number of fused-ring (bicyclic) bond motifs is 1. The van der Waals surface area contributed by atoms with Crippen molar-refractivity contribution in [1.82, 2.24) is 5.32 Å². The molecule has 0 bridgehead atoms. The summed E-state index contributed by atoms with van der Waals surface area (Å²) in [6.45, 7) is 5.35. The van der Waals surface area contributed by atoms with Gasteiger partial charge in [-0.15, -0.1) is 0 Å². The fourth-order valence-corrected chi connectivity index (χ4v) is 3.54. The van der Waals surface area contributed by atoms with E-state index in [-0.39, 0.29) is 0 Å². The Labute approximate surface area is 186 Å². The van der Waals surface area contributed by atoms with Crippen molar-refractivity contribution in [2.75, 3.05) is 0 Å². The number of nitrogens with one attached hydrogen (secondary N) is 1. The molecular formula is C25H26NO6-. The summed E-state index contributed by atoms with van der Waals surface area (Å²) in [5.74, 6) is -1.65. The maximum atomic E-state index is 12.6. The van der Waals surface area contributed by atoms with E-state index in [1.165, 1.54) is 13.0 Å². The number of carboxylic acid groups (broad SMARTS) is 1. The molecule has 1 heterocycles. The smallest absolute Gasteiger partial charge is 0.336 e. The van der Waals surface area contributed by atoms with Gasteiger partial charge in [0.1, 0.15) is 11.3 Å². The Morgan fingerprint density at radius 3 is 2.53 bits per heavy atom. The van der Waals surface area contributed by atoms with E-state index in [0.29, 0.717) is 22.5 Å². The van der Waals surface area contributed by atoms with Crippen molar-refractivity contribution in [3.8, 4) is 5.75 Å². The summed E-state index contributed by atoms with van der Waals surface area (Å²) in [6, 6.07) is 12.0. The topological polar surface area (TPSA) is 109 Å². The van der Waals surface area contributed by atoms with Gasteiger partial charge in [-0.2, -0.15) is 0 Å². The lowest BCUT2D eigenvalue weighted by atomic mass is 10.0. The normalized spacial score (nSPS) is 12.8. The highest BCUT2D eigenvalue weighted by Gasteiger charge is 2.22. The Morgan fingerprint density at radius 2 is 1.88 bits per heavy atom. The van der Waals surface area contributed by atoms with Crippen molar-refractivity contribution < 1.29 is 23.8 Å². The molecule has 0 saturated carbocycles. The summed E-state index contributed by atoms with van der Waals surface area (Å²) in [7, 11) is 0. The van der Waals surface area contributed by atoms with Crippen molar-refractivity contribution in [1.29, 1.82) is 0 Å². The Hall–Kier alpha value is -3.61. The zero-order valence-corrected chi connectivity index (χ0v) is 18.3. The molecule has 2 aromatic carbocycles. The van der Waals surface area contributed by atoms with E-state index in [2.05, 4.69) is 12.2 Å². The first-order chi connectivity index (χ1) is 15.3. The first-order valence-electron chi connectivity index (χ1n) is 10.6. The van der Waals surface area contributed by atoms with Crippen molar-refractivity contribution in [3.63, 3.8) is 0 Å². The second-order valence-corrected chi connectivity index (χ2v) is 7.69. The van der Waals surface area contributed by atoms with Gasteiger partial charge in [0, 0.05) is 17.0 Å². The van der Waals surface area contributed by atoms with Crippen LogP contribution >= 0.6 is 0 Å². The quantitative estimate of drug-likeness (QED) is 0.517. The van der Waals surface area contributed by atoms with Crippen LogP contribution < -0.4 is 20.8 Å². The first-order valence-corrected chi connectivity index (χ1v) is 10.6. The van der Waals surface area contributed by atoms with Crippen LogP contribution in [0.3, 0.4) is 0 Å². The number of aliphatic carboxylic acids is 1. The van der Waals surface area contributed by atoms with E-state index in [1.807, 2.05) is 6.07 Å². The standard InChI is InChI=1S/C25H27NO6/c1-4-5-9-18-14-21(27)32-23-15(2)20(13-12-19(18)23)31-16(3)24(28)26-22(25(29)30)17-10-7-6-8-11-17/h6-8,10-14,16,22H,4-5,9H2,1-3H3,(H,26,28)(H,29,30)/p-1/t16-,22-/m0/s1. The maximum Gasteiger partial charge on any atom is 0.336 e. The Morgan fingerprint density at radius 1 is 1.16 bits per heavy atom. The van der Waals surface area contributed by atoms with E-state index in [9.17, 15) is 19.5 Å². The largest absolute Gasteiger partial charge is 0.548 e. The summed E-state index contributed by atoms with van der Waals surface area (Å²) in [4.78, 5) is 36.2. The minimum Gasteiger partial charge on any atom is -0.548 e. The molecule has 1 N–H and O–H groups in total. The van der Waals surface area contributed by atoms with Crippen LogP contribution in [-0.4, -0.2) is 18.0 Å². The molecule has 1 aromatic heterocycles. The van der Waals surface area contributed by atoms with E-state index in [0.717, 1.165) is 30.2 Å². The highest BCUT2D eigenvalue weighted by atomic mass is 16.5. The molecule has 2 atom stereocenters. The molecule has 3 rings (SSSR count). The lowest BCUT2D eigenvalue weighted by molar-refractivity contribution is -0.308. The Balaban J connectivity index is 1.82. The molecule has 0 aliphatic heterocycles. The maximum absolute atomic E-state index is 12.6. The van der Waals surface area contributed by atoms with Crippen molar-refractivity contribution in [2.24, 2.45) is 0 Å². The molecule has 0 aliphatic rings. The van der Waals surface area contributed by atoms with Crippen LogP contribution in [-0.2, 0) is 16.0 Å². The SMILES string of the molecule is CCCCc1cc(=O)oc2c(C)c(O[C@@H](C)C(=O)N[C@H](C(=O)[O-])c3ccccc3)ccc12. The molecule has 1 amide bonds. The second-order valence-electron chi connectivity index (χ2n) is 7.69. The van der Waals surface area contributed by atoms with Gasteiger partial charge in [0.2, 0.25) is 0 Å². The fourth-order valence-electron chi connectivity index (χ4n) is 3.54. The molecule has 7 nitrogen and oxygen atoms in total. The van der Waals surface area contributed by atoms with Gasteiger partial charge in [-0.05, 0) is 49.9 Å². The number of amides is 1. The summed E-state index contributed by atoms with van der Waals surface area (Å²) >= 11 is 0. The van der Waals surface area contributed by atoms with Crippen LogP contribution in [0.1, 0.15) is 49.4 Å². The summed E-state index contributed by atoms with van der Waals surface area (Å²) in [5, 5.41) is 14.8. The lowest BCUT2D eigenvalue weighted by Gasteiger charge is -2.23. The van der Waals surface area contributed by atoms with Crippen molar-refractivity contribution in [2.45, 2.75) is 52.2 Å². The minimum absolute atomic E-state index is 0.376. The summed E-state index contributed by atoms with van der Waals surface area (Å²) < 4.78 is 11.2. The van der Waals surface area contributed by atoms with Gasteiger partial charge in [-0.1, -0.05) is 43.7 Å². The third-order valence-electron chi connectivity index (χ3n) is 5.32. The number of unbranched alkanes of at least 4 members (excludes halogenated alkanes) is 1. The molecule has 0 spiro atoms. The first kappa shape index (κ1) is 23.1. The third kappa shape index (κ3) is 5.17. The lowest BCUT2D eigenvalue weighted by Crippen LogP contribution is -2.45. The molecule has 0 saturated heterocycles. The van der Waals surface area contributed by atoms with E-state index < -0.39 is 29.6 Å². The van der Waals surface area contributed by atoms with Crippen LogP contribution in [0.15, 0.2) is 57.7 Å². The van der Waals surface area contributed by atoms with Crippen LogP contribution in [0.25, 0.3) is 11.0 Å². The molecule has 168 valence electrons. The number of aryl methyl sites for hydroxylation is 2. The highest BCUT2D eigenvalue weighted by Crippen LogP contribution is 2.30. The average molecular weight is 436 g/mol. The van der Waals surface area contributed by atoms with Gasteiger partial charge in [0.05, 0.1) is 12.0 Å². The predicted molar refractivity (Wildman–Crippen MR) is 118 cm³/mol. The van der Waals surface area contributed by atoms with Crippen LogP contribution in [0.2, 0.25) is 0 Å². The fraction of sp³-hybridized carbons (Fsp3) is 0.320. The van der Waals surface area contributed by atoms with Crippen LogP contribution in [0.4, 0.5) is 0 Å². The van der Waals surface area contributed by atoms with Crippen molar-refractivity contribution in [3.05, 3.63) is 75.6 Å². The molecule has 32 heavy (non-hydrogen) atoms. The molecule has 3 aromatic rings. The third-order valence-corrected chi connectivity index (χ3v) is 5.32. The zero-order valence-electron chi connectivity index (χ0n) is 18.3. The molecule has 0 unspecified atom stereocenters. The molecular weight excluding hydrogens is 410 g/mol. The van der Waals surface area contributed by atoms with Gasteiger partial charge in [-0.3, -0.25) is 4.79 Å². The Kier molecular flexibility index (Phi) is 7.30. The van der Waals surface area contributed by atoms with Gasteiger partial charge in [-0.25, -0.2) is 4.79 Å². The van der Waals surface area contributed by atoms with E-state index in [1.54, 1.807) is 43.3 Å². The van der Waals surface area contributed by atoms with E-state index in [4.69, 9.17) is 9.15 Å². The van der Waals surface area contributed by atoms with Gasteiger partial charge in [0.15, 0.2) is 6.10 Å². The number of rotatable bonds is 9. The number of benzene rings is 2. The molecule has 0 radical (unpaired) electrons. The van der Waals surface area contributed by atoms with Gasteiger partial charge in [0.25, 0.3) is 5.91 Å². The molecule has 7 heteroatoms. The Bertz CT molecular complexity index is 1170. The number of carboxylic acids is 1. The minimum atomic E-state index is -1.42. The van der Waals surface area contributed by atoms with Gasteiger partial charge >= 0.3 is 5.63 Å². The van der Waals surface area contributed by atoms with Crippen molar-refractivity contribution >= 4 is 22.8 Å². The summed E-state index contributed by atoms with van der Waals surface area (Å²) in [6.07, 6.45) is 1.73. The summed E-state index contributed by atoms with van der Waals surface area (Å²) in [5.41, 5.74) is 1.89. The monoisotopic (exact) mass is 436 g/mol. The number of hydrogen-bond acceptors (Lipinski definition) is 6. The number of hydrogen-bond donors (Lipinski definition) is 1. The number of ether oxygens (including phenoxy) is 1. The highest BCUT2D eigenvalue weighted by molar-refractivity contribution is 5.87.